The van der Waals surface area contributed by atoms with Gasteiger partial charge in [-0.2, -0.15) is 0 Å². The van der Waals surface area contributed by atoms with Gasteiger partial charge >= 0.3 is 29.8 Å². The van der Waals surface area contributed by atoms with Crippen molar-refractivity contribution in [2.75, 3.05) is 59.2 Å². The van der Waals surface area contributed by atoms with Crippen LogP contribution < -0.4 is 10.6 Å². The maximum absolute atomic E-state index is 12.5. The molecule has 48 heavy (non-hydrogen) atoms. The Morgan fingerprint density at radius 3 is 1.50 bits per heavy atom. The molecule has 0 aromatic heterocycles. The number of carbonyl (C=O) groups is 6. The van der Waals surface area contributed by atoms with Crippen LogP contribution in [0.25, 0.3) is 0 Å². The van der Waals surface area contributed by atoms with Gasteiger partial charge in [-0.25, -0.2) is 9.59 Å². The SMILES string of the molecule is C=C(C)C(=O)CCCNCCC(=O)OCC(CC)(COC(=O)CCCCCOC(=O)C(=C)C)COC(=O)CCNCCOC(=O)C(=C)C.[HH].[HH].[HH]. The Labute approximate surface area is 289 Å². The molecule has 2 N–H and O–H groups in total. The zero-order valence-corrected chi connectivity index (χ0v) is 29.3. The molecule has 0 heterocycles. The molecule has 0 aliphatic rings. The van der Waals surface area contributed by atoms with E-state index in [1.165, 1.54) is 0 Å². The molecule has 0 bridgehead atoms. The lowest BCUT2D eigenvalue weighted by atomic mass is 9.88. The second-order valence-electron chi connectivity index (χ2n) is 11.8. The maximum atomic E-state index is 12.5. The van der Waals surface area contributed by atoms with Crippen molar-refractivity contribution in [3.8, 4) is 0 Å². The number of hydrogen-bond acceptors (Lipinski definition) is 13. The monoisotopic (exact) mass is 686 g/mol. The zero-order valence-electron chi connectivity index (χ0n) is 29.3. The van der Waals surface area contributed by atoms with E-state index in [1.54, 1.807) is 20.8 Å². The van der Waals surface area contributed by atoms with E-state index in [0.717, 1.165) is 0 Å². The number of carbonyl (C=O) groups excluding carboxylic acids is 6. The molecule has 0 fully saturated rings. The van der Waals surface area contributed by atoms with Crippen molar-refractivity contribution in [2.24, 2.45) is 5.41 Å². The van der Waals surface area contributed by atoms with Crippen molar-refractivity contribution in [3.05, 3.63) is 36.5 Å². The number of ether oxygens (including phenoxy) is 5. The highest BCUT2D eigenvalue weighted by Gasteiger charge is 2.34. The molecule has 0 aliphatic carbocycles. The quantitative estimate of drug-likeness (QED) is 0.0490. The lowest BCUT2D eigenvalue weighted by molar-refractivity contribution is -0.162. The molecule has 0 amide bonds. The van der Waals surface area contributed by atoms with Gasteiger partial charge in [0.1, 0.15) is 26.4 Å². The van der Waals surface area contributed by atoms with Gasteiger partial charge in [0.05, 0.1) is 24.9 Å². The molecule has 278 valence electrons. The summed E-state index contributed by atoms with van der Waals surface area (Å²) < 4.78 is 26.6. The molecule has 1 atom stereocenters. The lowest BCUT2D eigenvalue weighted by Crippen LogP contribution is -2.39. The number of unbranched alkanes of at least 4 members (excludes halogenated alkanes) is 2. The van der Waals surface area contributed by atoms with Crippen LogP contribution in [0.2, 0.25) is 0 Å². The molecule has 1 unspecified atom stereocenters. The van der Waals surface area contributed by atoms with Crippen molar-refractivity contribution in [1.82, 2.24) is 10.6 Å². The fourth-order valence-electron chi connectivity index (χ4n) is 3.74. The normalized spacial score (nSPS) is 11.8. The highest BCUT2D eigenvalue weighted by molar-refractivity contribution is 5.94. The molecule has 0 aromatic rings. The van der Waals surface area contributed by atoms with Crippen LogP contribution in [0, 0.1) is 5.41 Å². The van der Waals surface area contributed by atoms with Crippen LogP contribution in [-0.4, -0.2) is 94.8 Å². The topological polar surface area (TPSA) is 173 Å². The third kappa shape index (κ3) is 22.6. The Morgan fingerprint density at radius 2 is 1.02 bits per heavy atom. The first kappa shape index (κ1) is 44.2. The Balaban J connectivity index is -0.00000368. The minimum absolute atomic E-state index is 0. The van der Waals surface area contributed by atoms with Gasteiger partial charge in [0.2, 0.25) is 0 Å². The third-order valence-electron chi connectivity index (χ3n) is 7.08. The van der Waals surface area contributed by atoms with E-state index in [4.69, 9.17) is 23.7 Å². The first-order chi connectivity index (χ1) is 22.7. The molecular weight excluding hydrogens is 624 g/mol. The summed E-state index contributed by atoms with van der Waals surface area (Å²) in [5.41, 5.74) is 0.181. The van der Waals surface area contributed by atoms with Crippen LogP contribution in [0.15, 0.2) is 36.5 Å². The van der Waals surface area contributed by atoms with E-state index in [1.807, 2.05) is 6.92 Å². The van der Waals surface area contributed by atoms with E-state index < -0.39 is 35.3 Å². The molecule has 0 spiro atoms. The van der Waals surface area contributed by atoms with E-state index in [-0.39, 0.29) is 68.9 Å². The largest absolute Gasteiger partial charge is 0.465 e. The summed E-state index contributed by atoms with van der Waals surface area (Å²) in [5.74, 6) is -2.35. The number of Topliss-reactive ketones (excluding diaryl/α,β-unsaturated/α-hetero) is 1. The predicted molar refractivity (Wildman–Crippen MR) is 186 cm³/mol. The van der Waals surface area contributed by atoms with Gasteiger partial charge in [-0.05, 0) is 65.0 Å². The van der Waals surface area contributed by atoms with E-state index in [2.05, 4.69) is 30.4 Å². The second kappa shape index (κ2) is 26.2. The average molecular weight is 687 g/mol. The van der Waals surface area contributed by atoms with Gasteiger partial charge in [0, 0.05) is 47.9 Å². The lowest BCUT2D eigenvalue weighted by Gasteiger charge is -2.31. The Morgan fingerprint density at radius 1 is 0.542 bits per heavy atom. The van der Waals surface area contributed by atoms with Gasteiger partial charge in [0.25, 0.3) is 0 Å². The molecule has 13 heteroatoms. The van der Waals surface area contributed by atoms with E-state index in [9.17, 15) is 28.8 Å². The van der Waals surface area contributed by atoms with Crippen LogP contribution >= 0.6 is 0 Å². The first-order valence-corrected chi connectivity index (χ1v) is 16.4. The Hall–Kier alpha value is -3.84. The minimum atomic E-state index is -0.960. The number of esters is 5. The zero-order chi connectivity index (χ0) is 36.4. The van der Waals surface area contributed by atoms with Crippen LogP contribution in [0.5, 0.6) is 0 Å². The van der Waals surface area contributed by atoms with Gasteiger partial charge in [-0.1, -0.05) is 26.7 Å². The van der Waals surface area contributed by atoms with E-state index >= 15 is 0 Å². The standard InChI is InChI=1S/C35H56N2O11.3H2/c1-8-35(23-46-30(39)14-10-9-11-21-44-33(42)27(4)5,24-47-31(40)15-18-36-17-12-13-29(38)26(2)3)25-48-32(41)16-19-37-20-22-45-34(43)28(6)7;;;/h36-37H,2,4,6,8-25H2,1,3,5,7H3;3*1H. The Kier molecular flexibility index (Phi) is 24.1. The molecule has 0 saturated carbocycles. The molecule has 0 saturated heterocycles. The fourth-order valence-corrected chi connectivity index (χ4v) is 3.74. The Bertz CT molecular complexity index is 985. The highest BCUT2D eigenvalue weighted by atomic mass is 16.6. The summed E-state index contributed by atoms with van der Waals surface area (Å²) in [7, 11) is 0. The molecule has 0 aromatic carbocycles. The molecular formula is C35H62N2O11. The van der Waals surface area contributed by atoms with Crippen molar-refractivity contribution in [1.29, 1.82) is 0 Å². The number of hydrogen-bond donors (Lipinski definition) is 2. The summed E-state index contributed by atoms with van der Waals surface area (Å²) in [4.78, 5) is 72.0. The smallest absolute Gasteiger partial charge is 0.333 e. The number of rotatable bonds is 29. The van der Waals surface area contributed by atoms with Gasteiger partial charge in [0.15, 0.2) is 5.78 Å². The van der Waals surface area contributed by atoms with Gasteiger partial charge in [-0.15, -0.1) is 0 Å². The third-order valence-corrected chi connectivity index (χ3v) is 7.08. The number of nitrogens with one attached hydrogen (secondary N) is 2. The van der Waals surface area contributed by atoms with Gasteiger partial charge in [-0.3, -0.25) is 19.2 Å². The van der Waals surface area contributed by atoms with Crippen LogP contribution in [0.3, 0.4) is 0 Å². The van der Waals surface area contributed by atoms with E-state index in [0.29, 0.717) is 74.9 Å². The minimum Gasteiger partial charge on any atom is -0.465 e. The van der Waals surface area contributed by atoms with Crippen molar-refractivity contribution in [3.63, 3.8) is 0 Å². The summed E-state index contributed by atoms with van der Waals surface area (Å²) in [6, 6.07) is 0. The molecule has 0 aliphatic heterocycles. The first-order valence-electron chi connectivity index (χ1n) is 16.4. The summed E-state index contributed by atoms with van der Waals surface area (Å²) in [6.07, 6.45) is 3.43. The van der Waals surface area contributed by atoms with Gasteiger partial charge < -0.3 is 34.3 Å². The second-order valence-corrected chi connectivity index (χ2v) is 11.8. The molecule has 0 rings (SSSR count). The van der Waals surface area contributed by atoms with Crippen molar-refractivity contribution in [2.45, 2.75) is 85.5 Å². The highest BCUT2D eigenvalue weighted by Crippen LogP contribution is 2.25. The molecule has 0 radical (unpaired) electrons. The van der Waals surface area contributed by atoms with Crippen LogP contribution in [0.1, 0.15) is 89.8 Å². The predicted octanol–water partition coefficient (Wildman–Crippen LogP) is 4.43. The summed E-state index contributed by atoms with van der Waals surface area (Å²) in [6.45, 7) is 18.8. The maximum Gasteiger partial charge on any atom is 0.333 e. The fraction of sp³-hybridized carbons (Fsp3) is 0.657. The van der Waals surface area contributed by atoms with Crippen LogP contribution in [-0.2, 0) is 52.5 Å². The average Bonchev–Trinajstić information content (AvgIpc) is 3.05. The van der Waals surface area contributed by atoms with Crippen LogP contribution in [0.4, 0.5) is 0 Å². The van der Waals surface area contributed by atoms with Crippen molar-refractivity contribution >= 4 is 35.6 Å². The number of allylic oxidation sites excluding steroid dienone is 1. The number of ketones is 1. The van der Waals surface area contributed by atoms with Crippen molar-refractivity contribution < 1.29 is 56.7 Å². The molecule has 13 nitrogen and oxygen atoms in total. The summed E-state index contributed by atoms with van der Waals surface area (Å²) in [5, 5.41) is 6.09. The summed E-state index contributed by atoms with van der Waals surface area (Å²) >= 11 is 0.